The Hall–Kier alpha value is -2.56. The van der Waals surface area contributed by atoms with Gasteiger partial charge in [-0.3, -0.25) is 9.48 Å². The minimum absolute atomic E-state index is 0.649. The minimum atomic E-state index is 0.649. The fourth-order valence-electron chi connectivity index (χ4n) is 3.03. The first kappa shape index (κ1) is 14.4. The molecular formula is C17H19N3O2. The summed E-state index contributed by atoms with van der Waals surface area (Å²) < 4.78 is 7.15. The number of methoxy groups -OCH3 is 1. The van der Waals surface area contributed by atoms with Crippen LogP contribution in [0.4, 0.5) is 0 Å². The van der Waals surface area contributed by atoms with Crippen molar-refractivity contribution in [3.8, 4) is 17.0 Å². The summed E-state index contributed by atoms with van der Waals surface area (Å²) in [7, 11) is 3.54. The van der Waals surface area contributed by atoms with E-state index in [1.54, 1.807) is 7.11 Å². The van der Waals surface area contributed by atoms with E-state index in [0.717, 1.165) is 51.1 Å². The van der Waals surface area contributed by atoms with E-state index in [1.807, 2.05) is 44.6 Å². The summed E-state index contributed by atoms with van der Waals surface area (Å²) in [5.74, 6) is 0.748. The van der Waals surface area contributed by atoms with Crippen LogP contribution in [-0.4, -0.2) is 28.2 Å². The highest BCUT2D eigenvalue weighted by atomic mass is 16.5. The van der Waals surface area contributed by atoms with Crippen molar-refractivity contribution < 1.29 is 9.53 Å². The Morgan fingerprint density at radius 1 is 1.27 bits per heavy atom. The molecular weight excluding hydrogens is 278 g/mol. The van der Waals surface area contributed by atoms with Gasteiger partial charge in [0.05, 0.1) is 18.5 Å². The lowest BCUT2D eigenvalue weighted by Gasteiger charge is -2.02. The van der Waals surface area contributed by atoms with Crippen molar-refractivity contribution in [3.63, 3.8) is 0 Å². The highest BCUT2D eigenvalue weighted by Gasteiger charge is 2.20. The van der Waals surface area contributed by atoms with E-state index in [1.165, 1.54) is 0 Å². The average Bonchev–Trinajstić information content (AvgIpc) is 2.96. The summed E-state index contributed by atoms with van der Waals surface area (Å²) in [6.07, 6.45) is 0.902. The van der Waals surface area contributed by atoms with E-state index in [-0.39, 0.29) is 0 Å². The molecule has 1 aromatic carbocycles. The molecule has 0 fully saturated rings. The molecule has 0 aliphatic carbocycles. The average molecular weight is 297 g/mol. The van der Waals surface area contributed by atoms with Crippen LogP contribution in [0.5, 0.6) is 5.75 Å². The number of nitrogens with zero attached hydrogens (tertiary/aromatic N) is 2. The molecule has 0 amide bonds. The Morgan fingerprint density at radius 2 is 2.00 bits per heavy atom. The summed E-state index contributed by atoms with van der Waals surface area (Å²) in [6.45, 7) is 5.96. The predicted octanol–water partition coefficient (Wildman–Crippen LogP) is 3.31. The van der Waals surface area contributed by atoms with Crippen LogP contribution in [0.1, 0.15) is 27.3 Å². The number of benzene rings is 1. The van der Waals surface area contributed by atoms with Gasteiger partial charge in [0.15, 0.2) is 6.29 Å². The van der Waals surface area contributed by atoms with Crippen molar-refractivity contribution in [2.45, 2.75) is 20.8 Å². The highest BCUT2D eigenvalue weighted by Crippen LogP contribution is 2.35. The maximum absolute atomic E-state index is 11.7. The van der Waals surface area contributed by atoms with Crippen molar-refractivity contribution in [1.29, 1.82) is 0 Å². The van der Waals surface area contributed by atoms with E-state index in [4.69, 9.17) is 4.74 Å². The second-order valence-corrected chi connectivity index (χ2v) is 5.57. The maximum atomic E-state index is 11.7. The molecule has 5 heteroatoms. The quantitative estimate of drug-likeness (QED) is 0.754. The fourth-order valence-corrected chi connectivity index (χ4v) is 3.03. The molecule has 0 saturated carbocycles. The van der Waals surface area contributed by atoms with E-state index in [9.17, 15) is 4.79 Å². The number of carbonyl (C=O) groups excluding carboxylic acids is 1. The van der Waals surface area contributed by atoms with Crippen molar-refractivity contribution in [1.82, 2.24) is 14.8 Å². The van der Waals surface area contributed by atoms with Gasteiger partial charge < -0.3 is 9.72 Å². The van der Waals surface area contributed by atoms with Crippen LogP contribution in [0.3, 0.4) is 0 Å². The molecule has 0 radical (unpaired) electrons. The Balaban J connectivity index is 2.40. The predicted molar refractivity (Wildman–Crippen MR) is 86.7 cm³/mol. The van der Waals surface area contributed by atoms with Crippen molar-refractivity contribution >= 4 is 17.2 Å². The number of nitrogens with one attached hydrogen (secondary N) is 1. The summed E-state index contributed by atoms with van der Waals surface area (Å²) in [4.78, 5) is 15.1. The number of carbonyl (C=O) groups is 1. The summed E-state index contributed by atoms with van der Waals surface area (Å²) in [6, 6.07) is 3.85. The summed E-state index contributed by atoms with van der Waals surface area (Å²) >= 11 is 0. The molecule has 2 aromatic heterocycles. The SMILES string of the molecule is COc1cc(C)c2[nH]c(-c3c(C)nn(C)c3C)c(C=O)c2c1. The number of aromatic nitrogens is 3. The molecule has 0 atom stereocenters. The number of fused-ring (bicyclic) bond motifs is 1. The molecule has 0 aliphatic rings. The molecule has 22 heavy (non-hydrogen) atoms. The van der Waals surface area contributed by atoms with E-state index in [2.05, 4.69) is 10.1 Å². The number of H-pyrrole nitrogens is 1. The first-order valence-electron chi connectivity index (χ1n) is 7.14. The van der Waals surface area contributed by atoms with E-state index in [0.29, 0.717) is 5.56 Å². The zero-order valence-corrected chi connectivity index (χ0v) is 13.4. The second kappa shape index (κ2) is 5.02. The van der Waals surface area contributed by atoms with Crippen molar-refractivity contribution in [3.05, 3.63) is 34.6 Å². The van der Waals surface area contributed by atoms with Crippen molar-refractivity contribution in [2.75, 3.05) is 7.11 Å². The number of aryl methyl sites for hydroxylation is 3. The lowest BCUT2D eigenvalue weighted by atomic mass is 10.0. The number of rotatable bonds is 3. The van der Waals surface area contributed by atoms with E-state index < -0.39 is 0 Å². The molecule has 114 valence electrons. The zero-order valence-electron chi connectivity index (χ0n) is 13.4. The Bertz CT molecular complexity index is 887. The monoisotopic (exact) mass is 297 g/mol. The zero-order chi connectivity index (χ0) is 16.0. The first-order chi connectivity index (χ1) is 10.5. The van der Waals surface area contributed by atoms with Crippen LogP contribution in [0, 0.1) is 20.8 Å². The topological polar surface area (TPSA) is 59.9 Å². The first-order valence-corrected chi connectivity index (χ1v) is 7.14. The molecule has 5 nitrogen and oxygen atoms in total. The molecule has 3 rings (SSSR count). The number of ether oxygens (including phenoxy) is 1. The van der Waals surface area contributed by atoms with Gasteiger partial charge in [-0.2, -0.15) is 5.10 Å². The maximum Gasteiger partial charge on any atom is 0.152 e. The number of hydrogen-bond acceptors (Lipinski definition) is 3. The van der Waals surface area contributed by atoms with Gasteiger partial charge in [0.1, 0.15) is 5.75 Å². The third-order valence-corrected chi connectivity index (χ3v) is 4.23. The van der Waals surface area contributed by atoms with Crippen LogP contribution in [0.2, 0.25) is 0 Å². The third-order valence-electron chi connectivity index (χ3n) is 4.23. The Labute approximate surface area is 128 Å². The van der Waals surface area contributed by atoms with Gasteiger partial charge in [-0.05, 0) is 38.5 Å². The summed E-state index contributed by atoms with van der Waals surface area (Å²) in [5.41, 5.74) is 6.39. The fraction of sp³-hybridized carbons (Fsp3) is 0.294. The van der Waals surface area contributed by atoms with Crippen LogP contribution in [-0.2, 0) is 7.05 Å². The molecule has 0 bridgehead atoms. The lowest BCUT2D eigenvalue weighted by molar-refractivity contribution is 0.112. The van der Waals surface area contributed by atoms with Gasteiger partial charge in [-0.25, -0.2) is 0 Å². The summed E-state index contributed by atoms with van der Waals surface area (Å²) in [5, 5.41) is 5.32. The Morgan fingerprint density at radius 3 is 2.55 bits per heavy atom. The van der Waals surface area contributed by atoms with Gasteiger partial charge in [0.2, 0.25) is 0 Å². The van der Waals surface area contributed by atoms with Gasteiger partial charge in [-0.15, -0.1) is 0 Å². The van der Waals surface area contributed by atoms with Gasteiger partial charge in [0.25, 0.3) is 0 Å². The van der Waals surface area contributed by atoms with Gasteiger partial charge >= 0.3 is 0 Å². The second-order valence-electron chi connectivity index (χ2n) is 5.57. The molecule has 0 unspecified atom stereocenters. The lowest BCUT2D eigenvalue weighted by Crippen LogP contribution is -1.93. The normalized spacial score (nSPS) is 11.1. The number of hydrogen-bond donors (Lipinski definition) is 1. The van der Waals surface area contributed by atoms with Crippen LogP contribution in [0.25, 0.3) is 22.2 Å². The smallest absolute Gasteiger partial charge is 0.152 e. The molecule has 0 spiro atoms. The highest BCUT2D eigenvalue weighted by molar-refractivity contribution is 6.06. The third kappa shape index (κ3) is 1.93. The van der Waals surface area contributed by atoms with Crippen LogP contribution < -0.4 is 4.74 Å². The Kier molecular flexibility index (Phi) is 3.28. The van der Waals surface area contributed by atoms with Crippen molar-refractivity contribution in [2.24, 2.45) is 7.05 Å². The molecule has 0 saturated heterocycles. The largest absolute Gasteiger partial charge is 0.497 e. The number of aldehydes is 1. The van der Waals surface area contributed by atoms with Gasteiger partial charge in [-0.1, -0.05) is 0 Å². The van der Waals surface area contributed by atoms with Crippen LogP contribution >= 0.6 is 0 Å². The molecule has 2 heterocycles. The van der Waals surface area contributed by atoms with Gasteiger partial charge in [0, 0.05) is 34.8 Å². The molecule has 1 N–H and O–H groups in total. The molecule has 0 aliphatic heterocycles. The standard InChI is InChI=1S/C17H19N3O2/c1-9-6-12(22-5)7-13-14(8-21)17(18-16(9)13)15-10(2)19-20(4)11(15)3/h6-8,18H,1-5H3. The van der Waals surface area contributed by atoms with E-state index >= 15 is 0 Å². The minimum Gasteiger partial charge on any atom is -0.497 e. The molecule has 3 aromatic rings. The van der Waals surface area contributed by atoms with Crippen LogP contribution in [0.15, 0.2) is 12.1 Å². The number of aromatic amines is 1.